The number of carboxylic acid groups (broad SMARTS) is 1. The fourth-order valence-electron chi connectivity index (χ4n) is 2.29. The summed E-state index contributed by atoms with van der Waals surface area (Å²) in [5.74, 6) is -2.36. The minimum absolute atomic E-state index is 0.0499. The van der Waals surface area contributed by atoms with Crippen molar-refractivity contribution < 1.29 is 24.4 Å². The molecule has 140 valence electrons. The van der Waals surface area contributed by atoms with Crippen LogP contribution in [0.25, 0.3) is 0 Å². The zero-order valence-electron chi connectivity index (χ0n) is 14.1. The molecule has 2 amide bonds. The molecular weight excluding hydrogens is 354 g/mol. The summed E-state index contributed by atoms with van der Waals surface area (Å²) in [6.45, 7) is -0.377. The molecule has 0 fully saturated rings. The third-order valence-electron chi connectivity index (χ3n) is 3.67. The fraction of sp³-hybridized carbons (Fsp3) is 0.167. The summed E-state index contributed by atoms with van der Waals surface area (Å²) in [6.07, 6.45) is -0.0499. The minimum Gasteiger partial charge on any atom is -0.480 e. The highest BCUT2D eigenvalue weighted by molar-refractivity contribution is 5.96. The number of carboxylic acids is 1. The topological polar surface area (TPSA) is 139 Å². The van der Waals surface area contributed by atoms with Crippen molar-refractivity contribution in [3.63, 3.8) is 0 Å². The van der Waals surface area contributed by atoms with Crippen molar-refractivity contribution in [2.45, 2.75) is 12.5 Å². The molecule has 0 aliphatic carbocycles. The standard InChI is InChI=1S/C18H17N3O6/c22-16(11-19-17(23)13-4-2-1-3-5-13)20-15(18(24)25)10-12-6-8-14(9-7-12)21(26)27/h1-9,15H,10-11H2,(H,19,23)(H,20,22)(H,24,25)/t15-/m0/s1. The van der Waals surface area contributed by atoms with Gasteiger partial charge in [0.1, 0.15) is 6.04 Å². The van der Waals surface area contributed by atoms with Gasteiger partial charge in [-0.05, 0) is 17.7 Å². The zero-order chi connectivity index (χ0) is 19.8. The van der Waals surface area contributed by atoms with Crippen molar-refractivity contribution in [1.29, 1.82) is 0 Å². The number of non-ortho nitro benzene ring substituents is 1. The molecule has 9 heteroatoms. The molecule has 0 spiro atoms. The third kappa shape index (κ3) is 5.92. The Morgan fingerprint density at radius 1 is 1.04 bits per heavy atom. The Labute approximate surface area is 154 Å². The molecule has 2 rings (SSSR count). The second kappa shape index (κ2) is 9.09. The van der Waals surface area contributed by atoms with Gasteiger partial charge in [-0.15, -0.1) is 0 Å². The van der Waals surface area contributed by atoms with Gasteiger partial charge in [-0.2, -0.15) is 0 Å². The van der Waals surface area contributed by atoms with Crippen LogP contribution in [0.2, 0.25) is 0 Å². The van der Waals surface area contributed by atoms with Crippen LogP contribution in [0.15, 0.2) is 54.6 Å². The maximum Gasteiger partial charge on any atom is 0.326 e. The van der Waals surface area contributed by atoms with Gasteiger partial charge in [0.2, 0.25) is 5.91 Å². The molecule has 9 nitrogen and oxygen atoms in total. The van der Waals surface area contributed by atoms with Gasteiger partial charge in [-0.25, -0.2) is 4.79 Å². The molecule has 1 atom stereocenters. The molecule has 2 aromatic rings. The van der Waals surface area contributed by atoms with Crippen molar-refractivity contribution in [3.8, 4) is 0 Å². The summed E-state index contributed by atoms with van der Waals surface area (Å²) < 4.78 is 0. The SMILES string of the molecule is O=C(CNC(=O)c1ccccc1)N[C@@H](Cc1ccc([N+](=O)[O-])cc1)C(=O)O. The Hall–Kier alpha value is -3.75. The average molecular weight is 371 g/mol. The molecule has 0 heterocycles. The van der Waals surface area contributed by atoms with Crippen LogP contribution in [0.3, 0.4) is 0 Å². The molecule has 0 aliphatic rings. The number of nitrogens with zero attached hydrogens (tertiary/aromatic N) is 1. The van der Waals surface area contributed by atoms with E-state index in [2.05, 4.69) is 10.6 Å². The van der Waals surface area contributed by atoms with Crippen molar-refractivity contribution in [2.24, 2.45) is 0 Å². The van der Waals surface area contributed by atoms with Crippen LogP contribution in [0, 0.1) is 10.1 Å². The lowest BCUT2D eigenvalue weighted by atomic mass is 10.1. The van der Waals surface area contributed by atoms with Crippen LogP contribution in [0.1, 0.15) is 15.9 Å². The number of hydrogen-bond donors (Lipinski definition) is 3. The molecule has 0 saturated carbocycles. The smallest absolute Gasteiger partial charge is 0.326 e. The second-order valence-corrected chi connectivity index (χ2v) is 5.63. The highest BCUT2D eigenvalue weighted by Gasteiger charge is 2.21. The number of aliphatic carboxylic acids is 1. The van der Waals surface area contributed by atoms with Gasteiger partial charge < -0.3 is 15.7 Å². The van der Waals surface area contributed by atoms with Gasteiger partial charge in [0.05, 0.1) is 11.5 Å². The van der Waals surface area contributed by atoms with E-state index in [1.165, 1.54) is 24.3 Å². The van der Waals surface area contributed by atoms with Crippen molar-refractivity contribution >= 4 is 23.5 Å². The average Bonchev–Trinajstić information content (AvgIpc) is 2.66. The Balaban J connectivity index is 1.91. The molecule has 3 N–H and O–H groups in total. The molecule has 2 aromatic carbocycles. The lowest BCUT2D eigenvalue weighted by Crippen LogP contribution is -2.46. The normalized spacial score (nSPS) is 11.3. The summed E-state index contributed by atoms with van der Waals surface area (Å²) >= 11 is 0. The van der Waals surface area contributed by atoms with Gasteiger partial charge in [0.15, 0.2) is 0 Å². The minimum atomic E-state index is -1.25. The molecule has 0 aliphatic heterocycles. The lowest BCUT2D eigenvalue weighted by Gasteiger charge is -2.15. The summed E-state index contributed by atoms with van der Waals surface area (Å²) in [5, 5.41) is 24.6. The van der Waals surface area contributed by atoms with Crippen LogP contribution in [-0.4, -0.2) is 40.4 Å². The van der Waals surface area contributed by atoms with E-state index in [-0.39, 0.29) is 18.7 Å². The molecule has 27 heavy (non-hydrogen) atoms. The quantitative estimate of drug-likeness (QED) is 0.470. The third-order valence-corrected chi connectivity index (χ3v) is 3.67. The summed E-state index contributed by atoms with van der Waals surface area (Å²) in [5.41, 5.74) is 0.783. The molecule has 0 saturated heterocycles. The van der Waals surface area contributed by atoms with Crippen molar-refractivity contribution in [1.82, 2.24) is 10.6 Å². The predicted molar refractivity (Wildman–Crippen MR) is 95.1 cm³/mol. The number of benzene rings is 2. The van der Waals surface area contributed by atoms with Crippen LogP contribution in [-0.2, 0) is 16.0 Å². The van der Waals surface area contributed by atoms with Gasteiger partial charge in [-0.1, -0.05) is 30.3 Å². The fourth-order valence-corrected chi connectivity index (χ4v) is 2.29. The Bertz CT molecular complexity index is 836. The number of nitro groups is 1. The number of rotatable bonds is 8. The van der Waals surface area contributed by atoms with Gasteiger partial charge in [-0.3, -0.25) is 19.7 Å². The van der Waals surface area contributed by atoms with Gasteiger partial charge >= 0.3 is 5.97 Å². The van der Waals surface area contributed by atoms with E-state index in [0.29, 0.717) is 11.1 Å². The van der Waals surface area contributed by atoms with Crippen LogP contribution < -0.4 is 10.6 Å². The van der Waals surface area contributed by atoms with E-state index in [4.69, 9.17) is 0 Å². The first-order chi connectivity index (χ1) is 12.9. The molecule has 0 aromatic heterocycles. The van der Waals surface area contributed by atoms with E-state index in [9.17, 15) is 29.6 Å². The first kappa shape index (κ1) is 19.6. The molecule has 0 bridgehead atoms. The van der Waals surface area contributed by atoms with Gasteiger partial charge in [0, 0.05) is 24.1 Å². The molecule has 0 radical (unpaired) electrons. The summed E-state index contributed by atoms with van der Waals surface area (Å²) in [6, 6.07) is 12.4. The highest BCUT2D eigenvalue weighted by atomic mass is 16.6. The lowest BCUT2D eigenvalue weighted by molar-refractivity contribution is -0.384. The number of carbonyl (C=O) groups is 3. The number of amides is 2. The van der Waals surface area contributed by atoms with Crippen molar-refractivity contribution in [2.75, 3.05) is 6.54 Å². The molecular formula is C18H17N3O6. The first-order valence-electron chi connectivity index (χ1n) is 7.95. The van der Waals surface area contributed by atoms with E-state index >= 15 is 0 Å². The number of nitrogens with one attached hydrogen (secondary N) is 2. The highest BCUT2D eigenvalue weighted by Crippen LogP contribution is 2.13. The van der Waals surface area contributed by atoms with Gasteiger partial charge in [0.25, 0.3) is 11.6 Å². The van der Waals surface area contributed by atoms with Crippen LogP contribution >= 0.6 is 0 Å². The van der Waals surface area contributed by atoms with Crippen LogP contribution in [0.4, 0.5) is 5.69 Å². The first-order valence-corrected chi connectivity index (χ1v) is 7.95. The monoisotopic (exact) mass is 371 g/mol. The van der Waals surface area contributed by atoms with E-state index < -0.39 is 28.7 Å². The summed E-state index contributed by atoms with van der Waals surface area (Å²) in [4.78, 5) is 45.3. The molecule has 0 unspecified atom stereocenters. The van der Waals surface area contributed by atoms with Crippen LogP contribution in [0.5, 0.6) is 0 Å². The Kier molecular flexibility index (Phi) is 6.59. The second-order valence-electron chi connectivity index (χ2n) is 5.63. The maximum absolute atomic E-state index is 11.9. The number of carbonyl (C=O) groups excluding carboxylic acids is 2. The number of nitro benzene ring substituents is 1. The van der Waals surface area contributed by atoms with E-state index in [1.54, 1.807) is 30.3 Å². The number of hydrogen-bond acceptors (Lipinski definition) is 5. The zero-order valence-corrected chi connectivity index (χ0v) is 14.1. The predicted octanol–water partition coefficient (Wildman–Crippen LogP) is 1.14. The Morgan fingerprint density at radius 2 is 1.67 bits per heavy atom. The van der Waals surface area contributed by atoms with E-state index in [1.807, 2.05) is 0 Å². The maximum atomic E-state index is 11.9. The van der Waals surface area contributed by atoms with E-state index in [0.717, 1.165) is 0 Å². The Morgan fingerprint density at radius 3 is 2.22 bits per heavy atom. The van der Waals surface area contributed by atoms with Crippen molar-refractivity contribution in [3.05, 3.63) is 75.8 Å². The largest absolute Gasteiger partial charge is 0.480 e. The summed E-state index contributed by atoms with van der Waals surface area (Å²) in [7, 11) is 0.